The van der Waals surface area contributed by atoms with Crippen LogP contribution in [-0.4, -0.2) is 26.2 Å². The summed E-state index contributed by atoms with van der Waals surface area (Å²) in [6, 6.07) is 7.46. The van der Waals surface area contributed by atoms with Crippen molar-refractivity contribution in [3.8, 4) is 0 Å². The summed E-state index contributed by atoms with van der Waals surface area (Å²) in [6.45, 7) is 1.81. The van der Waals surface area contributed by atoms with Gasteiger partial charge in [-0.05, 0) is 19.1 Å². The van der Waals surface area contributed by atoms with Crippen molar-refractivity contribution in [1.29, 1.82) is 0 Å². The third-order valence-corrected chi connectivity index (χ3v) is 3.93. The Balaban J connectivity index is 1.78. The van der Waals surface area contributed by atoms with Gasteiger partial charge in [0.1, 0.15) is 10.5 Å². The average Bonchev–Trinajstić information content (AvgIpc) is 3.13. The molecule has 0 radical (unpaired) electrons. The largest absolute Gasteiger partial charge is 0.350 e. The van der Waals surface area contributed by atoms with Gasteiger partial charge in [0.25, 0.3) is 5.91 Å². The van der Waals surface area contributed by atoms with E-state index < -0.39 is 5.91 Å². The van der Waals surface area contributed by atoms with E-state index in [1.807, 2.05) is 25.1 Å². The molecule has 0 aliphatic carbocycles. The molecule has 4 rings (SSSR count). The van der Waals surface area contributed by atoms with Gasteiger partial charge in [0.15, 0.2) is 0 Å². The van der Waals surface area contributed by atoms with Crippen molar-refractivity contribution in [3.05, 3.63) is 41.2 Å². The minimum Gasteiger partial charge on any atom is -0.350 e. The second-order valence-corrected chi connectivity index (χ2v) is 5.81. The summed E-state index contributed by atoms with van der Waals surface area (Å²) in [5, 5.41) is 17.1. The van der Waals surface area contributed by atoms with Crippen LogP contribution in [-0.2, 0) is 0 Å². The number of carbonyl (C=O) groups excluding carboxylic acids is 1. The Morgan fingerprint density at radius 1 is 1.23 bits per heavy atom. The number of fused-ring (bicyclic) bond motifs is 3. The van der Waals surface area contributed by atoms with E-state index in [2.05, 4.69) is 25.7 Å². The number of carbonyl (C=O) groups is 1. The lowest BCUT2D eigenvalue weighted by molar-refractivity contribution is 0.0990. The van der Waals surface area contributed by atoms with Gasteiger partial charge in [-0.1, -0.05) is 28.6 Å². The Kier molecular flexibility index (Phi) is 2.83. The number of anilines is 1. The van der Waals surface area contributed by atoms with Crippen LogP contribution in [0.3, 0.4) is 0 Å². The molecule has 108 valence electrons. The quantitative estimate of drug-likeness (QED) is 0.612. The van der Waals surface area contributed by atoms with Crippen LogP contribution in [0, 0.1) is 6.92 Å². The van der Waals surface area contributed by atoms with Crippen LogP contribution in [0.25, 0.3) is 21.8 Å². The highest BCUT2D eigenvalue weighted by Crippen LogP contribution is 2.26. The zero-order valence-corrected chi connectivity index (χ0v) is 12.2. The van der Waals surface area contributed by atoms with Gasteiger partial charge >= 0.3 is 0 Å². The molecule has 0 fully saturated rings. The number of hydrogen-bond donors (Lipinski definition) is 1. The number of hydrogen-bond acceptors (Lipinski definition) is 7. The fourth-order valence-electron chi connectivity index (χ4n) is 2.21. The lowest BCUT2D eigenvalue weighted by Crippen LogP contribution is -2.11. The van der Waals surface area contributed by atoms with Crippen LogP contribution in [0.2, 0.25) is 0 Å². The molecule has 8 heteroatoms. The van der Waals surface area contributed by atoms with Gasteiger partial charge < -0.3 is 4.52 Å². The molecule has 3 aromatic heterocycles. The van der Waals surface area contributed by atoms with E-state index in [1.165, 1.54) is 11.3 Å². The maximum absolute atomic E-state index is 12.3. The summed E-state index contributed by atoms with van der Waals surface area (Å²) in [6.07, 6.45) is 1.68. The van der Waals surface area contributed by atoms with Gasteiger partial charge in [-0.3, -0.25) is 15.1 Å². The lowest BCUT2D eigenvalue weighted by Gasteiger charge is -1.98. The minimum atomic E-state index is -0.408. The predicted molar refractivity (Wildman–Crippen MR) is 81.9 cm³/mol. The molecule has 22 heavy (non-hydrogen) atoms. The summed E-state index contributed by atoms with van der Waals surface area (Å²) >= 11 is 1.29. The third-order valence-electron chi connectivity index (χ3n) is 3.17. The molecule has 0 aliphatic heterocycles. The normalized spacial score (nSPS) is 11.1. The molecule has 0 saturated heterocycles. The topological polar surface area (TPSA) is 93.8 Å². The first-order valence-electron chi connectivity index (χ1n) is 6.47. The molecule has 7 nitrogen and oxygen atoms in total. The van der Waals surface area contributed by atoms with Gasteiger partial charge in [-0.2, -0.15) is 0 Å². The molecule has 1 amide bonds. The maximum atomic E-state index is 12.3. The number of rotatable bonds is 2. The van der Waals surface area contributed by atoms with E-state index >= 15 is 0 Å². The highest BCUT2D eigenvalue weighted by Gasteiger charge is 2.19. The molecule has 3 heterocycles. The molecule has 0 unspecified atom stereocenters. The monoisotopic (exact) mass is 311 g/mol. The number of amides is 1. The maximum Gasteiger partial charge on any atom is 0.296 e. The second-order valence-electron chi connectivity index (χ2n) is 4.63. The summed E-state index contributed by atoms with van der Waals surface area (Å²) in [5.41, 5.74) is 1.27. The van der Waals surface area contributed by atoms with Crippen LogP contribution in [0.15, 0.2) is 35.0 Å². The molecule has 1 aromatic carbocycles. The van der Waals surface area contributed by atoms with Gasteiger partial charge in [0.05, 0.1) is 10.9 Å². The standard InChI is InChI=1S/C14H9N5O2S/c1-7-17-18-14(22-7)16-13(20)12-9-5-4-8-3-2-6-15-10(8)11(9)19-21-12/h2-6H,1H3,(H,16,18,20). The molecule has 1 N–H and O–H groups in total. The zero-order chi connectivity index (χ0) is 15.1. The minimum absolute atomic E-state index is 0.135. The van der Waals surface area contributed by atoms with E-state index in [1.54, 1.807) is 12.3 Å². The van der Waals surface area contributed by atoms with E-state index in [9.17, 15) is 4.79 Å². The number of nitrogens with zero attached hydrogens (tertiary/aromatic N) is 4. The van der Waals surface area contributed by atoms with Crippen molar-refractivity contribution in [2.75, 3.05) is 5.32 Å². The Morgan fingerprint density at radius 3 is 2.95 bits per heavy atom. The molecule has 0 bridgehead atoms. The van der Waals surface area contributed by atoms with Crippen LogP contribution in [0.4, 0.5) is 5.13 Å². The number of benzene rings is 1. The van der Waals surface area contributed by atoms with Crippen molar-refractivity contribution in [2.24, 2.45) is 0 Å². The first-order valence-corrected chi connectivity index (χ1v) is 7.28. The Morgan fingerprint density at radius 2 is 2.14 bits per heavy atom. The molecular weight excluding hydrogens is 302 g/mol. The van der Waals surface area contributed by atoms with Crippen LogP contribution < -0.4 is 5.32 Å². The van der Waals surface area contributed by atoms with Crippen molar-refractivity contribution in [2.45, 2.75) is 6.92 Å². The second kappa shape index (κ2) is 4.85. The lowest BCUT2D eigenvalue weighted by atomic mass is 10.1. The van der Waals surface area contributed by atoms with E-state index in [-0.39, 0.29) is 5.76 Å². The molecule has 0 spiro atoms. The van der Waals surface area contributed by atoms with Crippen molar-refractivity contribution in [3.63, 3.8) is 0 Å². The van der Waals surface area contributed by atoms with E-state index in [0.717, 1.165) is 10.4 Å². The van der Waals surface area contributed by atoms with Crippen LogP contribution in [0.5, 0.6) is 0 Å². The number of aryl methyl sites for hydroxylation is 1. The van der Waals surface area contributed by atoms with Gasteiger partial charge in [-0.25, -0.2) is 0 Å². The Bertz CT molecular complexity index is 1010. The zero-order valence-electron chi connectivity index (χ0n) is 11.4. The first-order chi connectivity index (χ1) is 10.7. The van der Waals surface area contributed by atoms with Gasteiger partial charge in [-0.15, -0.1) is 10.2 Å². The molecule has 0 saturated carbocycles. The number of pyridine rings is 1. The molecule has 0 aliphatic rings. The number of aromatic nitrogens is 4. The van der Waals surface area contributed by atoms with E-state index in [4.69, 9.17) is 4.52 Å². The molecule has 4 aromatic rings. The average molecular weight is 311 g/mol. The third kappa shape index (κ3) is 2.01. The summed E-state index contributed by atoms with van der Waals surface area (Å²) in [4.78, 5) is 16.6. The van der Waals surface area contributed by atoms with Crippen LogP contribution >= 0.6 is 11.3 Å². The van der Waals surface area contributed by atoms with Crippen molar-refractivity contribution in [1.82, 2.24) is 20.3 Å². The Labute approximate surface area is 128 Å². The fraction of sp³-hybridized carbons (Fsp3) is 0.0714. The van der Waals surface area contributed by atoms with Crippen molar-refractivity contribution >= 4 is 44.2 Å². The summed E-state index contributed by atoms with van der Waals surface area (Å²) < 4.78 is 5.22. The molecular formula is C14H9N5O2S. The number of nitrogens with one attached hydrogen (secondary N) is 1. The van der Waals surface area contributed by atoms with Crippen LogP contribution in [0.1, 0.15) is 15.6 Å². The predicted octanol–water partition coefficient (Wildman–Crippen LogP) is 2.79. The summed E-state index contributed by atoms with van der Waals surface area (Å²) in [5.74, 6) is -0.274. The highest BCUT2D eigenvalue weighted by atomic mass is 32.1. The van der Waals surface area contributed by atoms with Gasteiger partial charge in [0.2, 0.25) is 10.9 Å². The smallest absolute Gasteiger partial charge is 0.296 e. The van der Waals surface area contributed by atoms with Gasteiger partial charge in [0, 0.05) is 11.6 Å². The SMILES string of the molecule is Cc1nnc(NC(=O)c2onc3c2ccc2cccnc23)s1. The Hall–Kier alpha value is -2.87. The highest BCUT2D eigenvalue weighted by molar-refractivity contribution is 7.15. The molecule has 0 atom stereocenters. The van der Waals surface area contributed by atoms with Crippen molar-refractivity contribution < 1.29 is 9.32 Å². The summed E-state index contributed by atoms with van der Waals surface area (Å²) in [7, 11) is 0. The first kappa shape index (κ1) is 12.8. The fourth-order valence-corrected chi connectivity index (χ4v) is 2.80. The van der Waals surface area contributed by atoms with E-state index in [0.29, 0.717) is 21.6 Å².